The third kappa shape index (κ3) is 5.04. The van der Waals surface area contributed by atoms with Crippen molar-refractivity contribution in [2.75, 3.05) is 6.61 Å². The van der Waals surface area contributed by atoms with Crippen molar-refractivity contribution < 1.29 is 9.53 Å². The summed E-state index contributed by atoms with van der Waals surface area (Å²) in [6.07, 6.45) is 0. The molecule has 110 valence electrons. The zero-order valence-electron chi connectivity index (χ0n) is 12.3. The van der Waals surface area contributed by atoms with Crippen molar-refractivity contribution in [1.29, 1.82) is 0 Å². The molecule has 0 heterocycles. The molecule has 0 saturated carbocycles. The zero-order chi connectivity index (χ0) is 14.6. The molecule has 0 aliphatic heterocycles. The molecule has 0 N–H and O–H groups in total. The Morgan fingerprint density at radius 1 is 1.05 bits per heavy atom. The molecular formula is C17H19ClO2Sn. The molecule has 0 atom stereocenters. The standard InChI is InChI=1S/C17H17ClO2.Sn.2H/c1-17(2,14-6-4-3-5-7-14)12-20-16(19)13-8-10-15(18)11-9-13;;;/h3-11H,12H2,1-2H3;;;. The van der Waals surface area contributed by atoms with Gasteiger partial charge in [0.15, 0.2) is 0 Å². The van der Waals surface area contributed by atoms with Gasteiger partial charge < -0.3 is 4.74 Å². The van der Waals surface area contributed by atoms with Crippen LogP contribution in [0.15, 0.2) is 54.6 Å². The van der Waals surface area contributed by atoms with E-state index in [-0.39, 0.29) is 35.3 Å². The Balaban J connectivity index is 0.00000220. The molecule has 0 fully saturated rings. The molecule has 0 bridgehead atoms. The molecule has 0 spiro atoms. The second-order valence-corrected chi connectivity index (χ2v) is 5.77. The molecule has 21 heavy (non-hydrogen) atoms. The fraction of sp³-hybridized carbons (Fsp3) is 0.235. The first kappa shape index (κ1) is 18.0. The van der Waals surface area contributed by atoms with Crippen LogP contribution in [0.2, 0.25) is 5.02 Å². The summed E-state index contributed by atoms with van der Waals surface area (Å²) in [5.41, 5.74) is 1.44. The van der Waals surface area contributed by atoms with Crippen LogP contribution in [0.3, 0.4) is 0 Å². The molecule has 0 aliphatic carbocycles. The minimum atomic E-state index is -0.328. The molecule has 0 amide bonds. The van der Waals surface area contributed by atoms with Gasteiger partial charge in [-0.15, -0.1) is 0 Å². The van der Waals surface area contributed by atoms with E-state index in [0.29, 0.717) is 17.2 Å². The Morgan fingerprint density at radius 2 is 1.62 bits per heavy atom. The van der Waals surface area contributed by atoms with Crippen LogP contribution in [0, 0.1) is 0 Å². The summed E-state index contributed by atoms with van der Waals surface area (Å²) >= 11 is 5.79. The van der Waals surface area contributed by atoms with Gasteiger partial charge >= 0.3 is 29.9 Å². The molecule has 0 saturated heterocycles. The van der Waals surface area contributed by atoms with E-state index in [1.165, 1.54) is 0 Å². The number of carbonyl (C=O) groups is 1. The maximum atomic E-state index is 12.0. The third-order valence-electron chi connectivity index (χ3n) is 3.20. The predicted molar refractivity (Wildman–Crippen MR) is 89.7 cm³/mol. The summed E-state index contributed by atoms with van der Waals surface area (Å²) in [6.45, 7) is 4.44. The third-order valence-corrected chi connectivity index (χ3v) is 3.45. The van der Waals surface area contributed by atoms with Crippen LogP contribution in [0.5, 0.6) is 0 Å². The van der Waals surface area contributed by atoms with Crippen molar-refractivity contribution in [1.82, 2.24) is 0 Å². The molecule has 2 radical (unpaired) electrons. The fourth-order valence-electron chi connectivity index (χ4n) is 1.89. The van der Waals surface area contributed by atoms with Gasteiger partial charge in [-0.1, -0.05) is 55.8 Å². The molecule has 4 heteroatoms. The van der Waals surface area contributed by atoms with Crippen LogP contribution < -0.4 is 0 Å². The van der Waals surface area contributed by atoms with Crippen LogP contribution in [0.4, 0.5) is 0 Å². The van der Waals surface area contributed by atoms with Crippen LogP contribution >= 0.6 is 11.6 Å². The van der Waals surface area contributed by atoms with Crippen molar-refractivity contribution in [2.45, 2.75) is 19.3 Å². The summed E-state index contributed by atoms with van der Waals surface area (Å²) in [7, 11) is 0. The number of ether oxygens (including phenoxy) is 1. The summed E-state index contributed by atoms with van der Waals surface area (Å²) in [5, 5.41) is 0.603. The fourth-order valence-corrected chi connectivity index (χ4v) is 2.01. The van der Waals surface area contributed by atoms with Gasteiger partial charge in [0.05, 0.1) is 5.56 Å². The van der Waals surface area contributed by atoms with E-state index in [9.17, 15) is 4.79 Å². The number of halogens is 1. The summed E-state index contributed by atoms with van der Waals surface area (Å²) in [6, 6.07) is 16.7. The van der Waals surface area contributed by atoms with Gasteiger partial charge in [0.1, 0.15) is 6.61 Å². The molecule has 2 aromatic rings. The zero-order valence-corrected chi connectivity index (χ0v) is 17.1. The quantitative estimate of drug-likeness (QED) is 0.570. The van der Waals surface area contributed by atoms with Gasteiger partial charge in [-0.3, -0.25) is 0 Å². The SMILES string of the molecule is CC(C)(COC(=O)c1ccc(Cl)cc1)c1ccccc1.[SnH2]. The van der Waals surface area contributed by atoms with Gasteiger partial charge in [-0.2, -0.15) is 0 Å². The van der Waals surface area contributed by atoms with Gasteiger partial charge in [0.25, 0.3) is 0 Å². The van der Waals surface area contributed by atoms with E-state index < -0.39 is 0 Å². The summed E-state index contributed by atoms with van der Waals surface area (Å²) < 4.78 is 5.41. The Morgan fingerprint density at radius 3 is 2.19 bits per heavy atom. The Bertz CT molecular complexity index is 579. The number of hydrogen-bond donors (Lipinski definition) is 0. The maximum absolute atomic E-state index is 12.0. The van der Waals surface area contributed by atoms with Crippen LogP contribution in [0.25, 0.3) is 0 Å². The minimum absolute atomic E-state index is 0. The van der Waals surface area contributed by atoms with E-state index >= 15 is 0 Å². The number of benzene rings is 2. The van der Waals surface area contributed by atoms with Gasteiger partial charge in [-0.05, 0) is 29.8 Å². The first-order chi connectivity index (χ1) is 9.49. The van der Waals surface area contributed by atoms with Crippen LogP contribution in [-0.2, 0) is 10.2 Å². The topological polar surface area (TPSA) is 26.3 Å². The first-order valence-corrected chi connectivity index (χ1v) is 6.85. The van der Waals surface area contributed by atoms with Crippen LogP contribution in [0.1, 0.15) is 29.8 Å². The van der Waals surface area contributed by atoms with Crippen LogP contribution in [-0.4, -0.2) is 36.5 Å². The summed E-state index contributed by atoms with van der Waals surface area (Å²) in [4.78, 5) is 12.0. The predicted octanol–water partition coefficient (Wildman–Crippen LogP) is 3.56. The summed E-state index contributed by atoms with van der Waals surface area (Å²) in [5.74, 6) is -0.328. The van der Waals surface area contributed by atoms with Crippen molar-refractivity contribution in [2.24, 2.45) is 0 Å². The molecule has 2 rings (SSSR count). The van der Waals surface area contributed by atoms with Gasteiger partial charge in [0, 0.05) is 10.4 Å². The van der Waals surface area contributed by atoms with E-state index in [4.69, 9.17) is 16.3 Å². The Kier molecular flexibility index (Phi) is 6.75. The average Bonchev–Trinajstić information content (AvgIpc) is 2.46. The van der Waals surface area contributed by atoms with Crippen molar-refractivity contribution in [3.05, 3.63) is 70.7 Å². The normalized spacial score (nSPS) is 10.6. The second-order valence-electron chi connectivity index (χ2n) is 5.33. The second kappa shape index (κ2) is 7.85. The van der Waals surface area contributed by atoms with Gasteiger partial charge in [-0.25, -0.2) is 4.79 Å². The number of rotatable bonds is 4. The molecule has 0 aromatic heterocycles. The van der Waals surface area contributed by atoms with E-state index in [1.54, 1.807) is 24.3 Å². The van der Waals surface area contributed by atoms with Crippen molar-refractivity contribution in [3.63, 3.8) is 0 Å². The average molecular weight is 410 g/mol. The molecule has 0 aliphatic rings. The van der Waals surface area contributed by atoms with Crippen molar-refractivity contribution >= 4 is 41.5 Å². The monoisotopic (exact) mass is 410 g/mol. The van der Waals surface area contributed by atoms with E-state index in [1.807, 2.05) is 30.3 Å². The van der Waals surface area contributed by atoms with Crippen molar-refractivity contribution in [3.8, 4) is 0 Å². The van der Waals surface area contributed by atoms with E-state index in [0.717, 1.165) is 5.56 Å². The number of esters is 1. The van der Waals surface area contributed by atoms with Gasteiger partial charge in [0.2, 0.25) is 0 Å². The molecular weight excluding hydrogens is 390 g/mol. The Hall–Kier alpha value is -1.00. The number of carbonyl (C=O) groups excluding carboxylic acids is 1. The number of hydrogen-bond acceptors (Lipinski definition) is 2. The molecule has 2 aromatic carbocycles. The Labute approximate surface area is 147 Å². The van der Waals surface area contributed by atoms with E-state index in [2.05, 4.69) is 13.8 Å². The first-order valence-electron chi connectivity index (χ1n) is 6.47. The molecule has 0 unspecified atom stereocenters. The molecule has 2 nitrogen and oxygen atoms in total.